The molecule has 1 N–H and O–H groups in total. The Morgan fingerprint density at radius 3 is 2.45 bits per heavy atom. The lowest BCUT2D eigenvalue weighted by molar-refractivity contribution is -0.133. The molecule has 31 heavy (non-hydrogen) atoms. The fourth-order valence-electron chi connectivity index (χ4n) is 5.25. The summed E-state index contributed by atoms with van der Waals surface area (Å²) < 4.78 is 11.2. The third-order valence-corrected chi connectivity index (χ3v) is 6.49. The Kier molecular flexibility index (Phi) is 5.29. The molecule has 0 saturated carbocycles. The maximum Gasteiger partial charge on any atom is 0.220 e. The number of hydrogen-bond donors (Lipinski definition) is 1. The van der Waals surface area contributed by atoms with E-state index in [0.717, 1.165) is 56.5 Å². The highest BCUT2D eigenvalue weighted by molar-refractivity contribution is 6.05. The van der Waals surface area contributed by atoms with E-state index >= 15 is 0 Å². The van der Waals surface area contributed by atoms with Gasteiger partial charge in [0.25, 0.3) is 0 Å². The van der Waals surface area contributed by atoms with Gasteiger partial charge in [-0.2, -0.15) is 0 Å². The first-order chi connectivity index (χ1) is 14.8. The molecule has 1 aliphatic rings. The zero-order valence-electron chi connectivity index (χ0n) is 18.9. The van der Waals surface area contributed by atoms with Crippen molar-refractivity contribution in [1.29, 1.82) is 0 Å². The number of rotatable bonds is 3. The lowest BCUT2D eigenvalue weighted by atomic mass is 9.84. The molecule has 5 nitrogen and oxygen atoms in total. The number of benzene rings is 3. The minimum absolute atomic E-state index is 0.0197. The van der Waals surface area contributed by atoms with E-state index in [1.54, 1.807) is 21.1 Å². The summed E-state index contributed by atoms with van der Waals surface area (Å²) in [5, 5.41) is 13.3. The van der Waals surface area contributed by atoms with Crippen LogP contribution in [-0.2, 0) is 11.2 Å². The Bertz CT molecular complexity index is 1180. The second kappa shape index (κ2) is 7.80. The van der Waals surface area contributed by atoms with Crippen LogP contribution in [0.15, 0.2) is 36.4 Å². The topological polar surface area (TPSA) is 59.0 Å². The molecule has 0 aromatic heterocycles. The fraction of sp³-hybridized carbons (Fsp3) is 0.346. The smallest absolute Gasteiger partial charge is 0.220 e. The van der Waals surface area contributed by atoms with E-state index in [1.165, 1.54) is 0 Å². The molecule has 1 aliphatic heterocycles. The Morgan fingerprint density at radius 1 is 1.10 bits per heavy atom. The largest absolute Gasteiger partial charge is 0.507 e. The summed E-state index contributed by atoms with van der Waals surface area (Å²) in [4.78, 5) is 14.1. The number of ether oxygens (including phenoxy) is 2. The third-order valence-electron chi connectivity index (χ3n) is 6.49. The van der Waals surface area contributed by atoms with Gasteiger partial charge in [-0.3, -0.25) is 4.79 Å². The van der Waals surface area contributed by atoms with E-state index in [9.17, 15) is 9.90 Å². The van der Waals surface area contributed by atoms with E-state index in [0.29, 0.717) is 0 Å². The maximum atomic E-state index is 12.3. The van der Waals surface area contributed by atoms with Gasteiger partial charge in [-0.05, 0) is 61.4 Å². The van der Waals surface area contributed by atoms with Crippen LogP contribution in [0.2, 0.25) is 0 Å². The monoisotopic (exact) mass is 419 g/mol. The van der Waals surface area contributed by atoms with Crippen LogP contribution in [0.3, 0.4) is 0 Å². The number of hydrogen-bond acceptors (Lipinski definition) is 4. The number of fused-ring (bicyclic) bond motifs is 2. The van der Waals surface area contributed by atoms with Gasteiger partial charge < -0.3 is 19.5 Å². The van der Waals surface area contributed by atoms with Crippen LogP contribution in [0, 0.1) is 6.92 Å². The first-order valence-electron chi connectivity index (χ1n) is 10.6. The zero-order chi connectivity index (χ0) is 22.4. The molecule has 0 saturated heterocycles. The predicted octanol–water partition coefficient (Wildman–Crippen LogP) is 5.39. The standard InChI is InChI=1S/C26H29NO4/c1-14-12-22(31-6)25-19(8-7-9-21(25)30-5)23(14)20-11-10-18-13-15(2)27(17(4)28)16(3)24(18)26(20)29/h7-12,15-16,29H,13H2,1-6H3/t15-,16-/m1/s1. The summed E-state index contributed by atoms with van der Waals surface area (Å²) in [6.45, 7) is 7.65. The van der Waals surface area contributed by atoms with Crippen LogP contribution >= 0.6 is 0 Å². The molecule has 2 atom stereocenters. The summed E-state index contributed by atoms with van der Waals surface area (Å²) in [6.07, 6.45) is 0.725. The second-order valence-corrected chi connectivity index (χ2v) is 8.34. The van der Waals surface area contributed by atoms with Crippen LogP contribution in [0.4, 0.5) is 0 Å². The molecule has 0 radical (unpaired) electrons. The summed E-state index contributed by atoms with van der Waals surface area (Å²) in [5.74, 6) is 1.71. The van der Waals surface area contributed by atoms with Crippen molar-refractivity contribution in [2.75, 3.05) is 14.2 Å². The quantitative estimate of drug-likeness (QED) is 0.618. The predicted molar refractivity (Wildman–Crippen MR) is 123 cm³/mol. The van der Waals surface area contributed by atoms with Gasteiger partial charge in [0.2, 0.25) is 5.91 Å². The van der Waals surface area contributed by atoms with Crippen LogP contribution in [0.5, 0.6) is 17.2 Å². The molecule has 0 bridgehead atoms. The molecular formula is C26H29NO4. The molecule has 162 valence electrons. The summed E-state index contributed by atoms with van der Waals surface area (Å²) in [5.41, 5.74) is 4.61. The number of phenolic OH excluding ortho intramolecular Hbond substituents is 1. The highest BCUT2D eigenvalue weighted by Crippen LogP contribution is 2.48. The highest BCUT2D eigenvalue weighted by Gasteiger charge is 2.34. The lowest BCUT2D eigenvalue weighted by Crippen LogP contribution is -2.43. The van der Waals surface area contributed by atoms with Crippen LogP contribution in [0.25, 0.3) is 21.9 Å². The lowest BCUT2D eigenvalue weighted by Gasteiger charge is -2.40. The number of nitrogens with zero attached hydrogens (tertiary/aromatic N) is 1. The molecule has 0 aliphatic carbocycles. The first-order valence-corrected chi connectivity index (χ1v) is 10.6. The molecule has 0 fully saturated rings. The van der Waals surface area contributed by atoms with E-state index in [2.05, 4.69) is 13.0 Å². The van der Waals surface area contributed by atoms with Gasteiger partial charge in [0.15, 0.2) is 0 Å². The van der Waals surface area contributed by atoms with Crippen molar-refractivity contribution < 1.29 is 19.4 Å². The number of aromatic hydroxyl groups is 1. The van der Waals surface area contributed by atoms with Crippen molar-refractivity contribution in [3.8, 4) is 28.4 Å². The van der Waals surface area contributed by atoms with Gasteiger partial charge in [0.05, 0.1) is 25.6 Å². The SMILES string of the molecule is COc1cccc2c(-c3ccc4c(c3O)[C@@H](C)N(C(C)=O)[C@H](C)C4)c(C)cc(OC)c12. The van der Waals surface area contributed by atoms with Crippen molar-refractivity contribution in [3.05, 3.63) is 53.1 Å². The molecule has 3 aromatic rings. The zero-order valence-corrected chi connectivity index (χ0v) is 18.9. The Balaban J connectivity index is 2.01. The molecular weight excluding hydrogens is 390 g/mol. The van der Waals surface area contributed by atoms with Gasteiger partial charge in [-0.25, -0.2) is 0 Å². The van der Waals surface area contributed by atoms with Gasteiger partial charge in [-0.1, -0.05) is 24.3 Å². The third kappa shape index (κ3) is 3.19. The first kappa shape index (κ1) is 21.0. The molecule has 0 unspecified atom stereocenters. The fourth-order valence-corrected chi connectivity index (χ4v) is 5.25. The second-order valence-electron chi connectivity index (χ2n) is 8.34. The Hall–Kier alpha value is -3.21. The number of carbonyl (C=O) groups excluding carboxylic acids is 1. The van der Waals surface area contributed by atoms with Crippen molar-refractivity contribution in [3.63, 3.8) is 0 Å². The van der Waals surface area contributed by atoms with Crippen LogP contribution in [0.1, 0.15) is 43.5 Å². The van der Waals surface area contributed by atoms with E-state index in [4.69, 9.17) is 9.47 Å². The van der Waals surface area contributed by atoms with Crippen molar-refractivity contribution in [1.82, 2.24) is 4.90 Å². The average Bonchev–Trinajstić information content (AvgIpc) is 2.73. The molecule has 0 spiro atoms. The minimum Gasteiger partial charge on any atom is -0.507 e. The van der Waals surface area contributed by atoms with Crippen LogP contribution in [-0.4, -0.2) is 36.2 Å². The Morgan fingerprint density at radius 2 is 1.81 bits per heavy atom. The Labute approximate surface area is 183 Å². The van der Waals surface area contributed by atoms with E-state index < -0.39 is 0 Å². The van der Waals surface area contributed by atoms with Gasteiger partial charge in [-0.15, -0.1) is 0 Å². The van der Waals surface area contributed by atoms with Crippen molar-refractivity contribution >= 4 is 16.7 Å². The number of methoxy groups -OCH3 is 2. The summed E-state index contributed by atoms with van der Waals surface area (Å²) >= 11 is 0. The van der Waals surface area contributed by atoms with Gasteiger partial charge in [0.1, 0.15) is 17.2 Å². The number of carbonyl (C=O) groups is 1. The highest BCUT2D eigenvalue weighted by atomic mass is 16.5. The van der Waals surface area contributed by atoms with Crippen molar-refractivity contribution in [2.45, 2.75) is 46.2 Å². The molecule has 4 rings (SSSR count). The normalized spacial score (nSPS) is 18.1. The molecule has 1 heterocycles. The summed E-state index contributed by atoms with van der Waals surface area (Å²) in [6, 6.07) is 11.8. The average molecular weight is 420 g/mol. The summed E-state index contributed by atoms with van der Waals surface area (Å²) in [7, 11) is 3.29. The van der Waals surface area contributed by atoms with E-state index in [1.807, 2.05) is 49.1 Å². The number of aryl methyl sites for hydroxylation is 1. The maximum absolute atomic E-state index is 12.3. The molecule has 5 heteroatoms. The van der Waals surface area contributed by atoms with Gasteiger partial charge >= 0.3 is 0 Å². The van der Waals surface area contributed by atoms with Gasteiger partial charge in [0, 0.05) is 24.1 Å². The van der Waals surface area contributed by atoms with Crippen molar-refractivity contribution in [2.24, 2.45) is 0 Å². The molecule has 1 amide bonds. The number of phenols is 1. The number of amides is 1. The minimum atomic E-state index is -0.199. The van der Waals surface area contributed by atoms with E-state index in [-0.39, 0.29) is 23.7 Å². The molecule has 3 aromatic carbocycles. The van der Waals surface area contributed by atoms with Crippen LogP contribution < -0.4 is 9.47 Å².